The monoisotopic (exact) mass is 366 g/mol. The van der Waals surface area contributed by atoms with Crippen LogP contribution in [0.1, 0.15) is 33.4 Å². The SMILES string of the molecule is CNCc1cc(C)c(C)c(Cl)c1.CNCc1ccc(C)c(Cl)c1C. The Morgan fingerprint density at radius 3 is 1.96 bits per heavy atom. The van der Waals surface area contributed by atoms with E-state index in [0.29, 0.717) is 0 Å². The van der Waals surface area contributed by atoms with Crippen molar-refractivity contribution in [2.24, 2.45) is 0 Å². The Morgan fingerprint density at radius 2 is 1.42 bits per heavy atom. The molecule has 2 N–H and O–H groups in total. The Morgan fingerprint density at radius 1 is 0.792 bits per heavy atom. The van der Waals surface area contributed by atoms with Gasteiger partial charge in [0.2, 0.25) is 0 Å². The maximum absolute atomic E-state index is 6.09. The van der Waals surface area contributed by atoms with Gasteiger partial charge in [-0.15, -0.1) is 0 Å². The standard InChI is InChI=1S/2C10H14ClN/c1-7-4-9(6-12-3)5-10(11)8(7)2;1-7-4-5-9(6-12-3)8(2)10(7)11/h2*4-5,12H,6H2,1-3H3. The lowest BCUT2D eigenvalue weighted by Crippen LogP contribution is -2.06. The highest BCUT2D eigenvalue weighted by Crippen LogP contribution is 2.23. The van der Waals surface area contributed by atoms with E-state index in [1.807, 2.05) is 34.0 Å². The predicted molar refractivity (Wildman–Crippen MR) is 107 cm³/mol. The van der Waals surface area contributed by atoms with Gasteiger partial charge in [-0.2, -0.15) is 0 Å². The fraction of sp³-hybridized carbons (Fsp3) is 0.400. The highest BCUT2D eigenvalue weighted by Gasteiger charge is 2.03. The molecule has 0 radical (unpaired) electrons. The van der Waals surface area contributed by atoms with Gasteiger partial charge in [-0.3, -0.25) is 0 Å². The molecule has 0 saturated carbocycles. The molecule has 0 amide bonds. The van der Waals surface area contributed by atoms with Crippen molar-refractivity contribution in [2.45, 2.75) is 40.8 Å². The van der Waals surface area contributed by atoms with Gasteiger partial charge in [0.25, 0.3) is 0 Å². The second-order valence-electron chi connectivity index (χ2n) is 6.06. The summed E-state index contributed by atoms with van der Waals surface area (Å²) in [7, 11) is 3.87. The third kappa shape index (κ3) is 5.78. The van der Waals surface area contributed by atoms with Crippen LogP contribution in [0.2, 0.25) is 10.0 Å². The minimum Gasteiger partial charge on any atom is -0.316 e. The van der Waals surface area contributed by atoms with E-state index in [-0.39, 0.29) is 0 Å². The zero-order chi connectivity index (χ0) is 18.3. The van der Waals surface area contributed by atoms with Crippen LogP contribution < -0.4 is 10.6 Å². The molecule has 0 aliphatic carbocycles. The maximum atomic E-state index is 6.09. The Labute approximate surface area is 156 Å². The predicted octanol–water partition coefficient (Wildman–Crippen LogP) is 5.35. The van der Waals surface area contributed by atoms with Gasteiger partial charge in [-0.1, -0.05) is 41.4 Å². The minimum atomic E-state index is 0.861. The highest BCUT2D eigenvalue weighted by atomic mass is 35.5. The molecule has 132 valence electrons. The summed E-state index contributed by atoms with van der Waals surface area (Å²) in [5.41, 5.74) is 7.28. The molecule has 2 rings (SSSR count). The lowest BCUT2D eigenvalue weighted by Gasteiger charge is -2.08. The first-order valence-electron chi connectivity index (χ1n) is 8.11. The third-order valence-corrected chi connectivity index (χ3v) is 5.08. The van der Waals surface area contributed by atoms with Crippen molar-refractivity contribution < 1.29 is 0 Å². The molecule has 0 heterocycles. The number of benzene rings is 2. The van der Waals surface area contributed by atoms with E-state index in [0.717, 1.165) is 28.7 Å². The van der Waals surface area contributed by atoms with Crippen LogP contribution >= 0.6 is 23.2 Å². The Balaban J connectivity index is 0.000000240. The number of hydrogen-bond donors (Lipinski definition) is 2. The Bertz CT molecular complexity index is 659. The fourth-order valence-electron chi connectivity index (χ4n) is 2.44. The van der Waals surface area contributed by atoms with Crippen LogP contribution in [-0.2, 0) is 13.1 Å². The molecule has 0 unspecified atom stereocenters. The molecule has 0 aliphatic heterocycles. The molecule has 24 heavy (non-hydrogen) atoms. The normalized spacial score (nSPS) is 10.3. The molecule has 0 bridgehead atoms. The zero-order valence-corrected chi connectivity index (χ0v) is 17.0. The highest BCUT2D eigenvalue weighted by molar-refractivity contribution is 6.32. The number of hydrogen-bond acceptors (Lipinski definition) is 2. The van der Waals surface area contributed by atoms with E-state index in [1.165, 1.54) is 27.8 Å². The summed E-state index contributed by atoms with van der Waals surface area (Å²) in [4.78, 5) is 0. The van der Waals surface area contributed by atoms with Gasteiger partial charge in [0.1, 0.15) is 0 Å². The topological polar surface area (TPSA) is 24.1 Å². The van der Waals surface area contributed by atoms with Crippen molar-refractivity contribution >= 4 is 23.2 Å². The summed E-state index contributed by atoms with van der Waals surface area (Å²) >= 11 is 12.1. The number of rotatable bonds is 4. The van der Waals surface area contributed by atoms with Crippen molar-refractivity contribution in [3.8, 4) is 0 Å². The van der Waals surface area contributed by atoms with Gasteiger partial charge < -0.3 is 10.6 Å². The van der Waals surface area contributed by atoms with Crippen LogP contribution in [-0.4, -0.2) is 14.1 Å². The first kappa shape index (κ1) is 21.0. The van der Waals surface area contributed by atoms with E-state index >= 15 is 0 Å². The molecule has 2 aromatic rings. The van der Waals surface area contributed by atoms with E-state index < -0.39 is 0 Å². The lowest BCUT2D eigenvalue weighted by molar-refractivity contribution is 0.812. The summed E-state index contributed by atoms with van der Waals surface area (Å²) in [5.74, 6) is 0. The number of halogens is 2. The summed E-state index contributed by atoms with van der Waals surface area (Å²) in [6.45, 7) is 9.97. The van der Waals surface area contributed by atoms with Gasteiger partial charge in [0.05, 0.1) is 0 Å². The van der Waals surface area contributed by atoms with Crippen LogP contribution in [0.25, 0.3) is 0 Å². The first-order valence-corrected chi connectivity index (χ1v) is 8.86. The molecule has 0 aliphatic rings. The van der Waals surface area contributed by atoms with Crippen molar-refractivity contribution in [3.05, 3.63) is 67.7 Å². The van der Waals surface area contributed by atoms with Gasteiger partial charge >= 0.3 is 0 Å². The first-order chi connectivity index (χ1) is 11.3. The van der Waals surface area contributed by atoms with E-state index in [4.69, 9.17) is 23.2 Å². The molecule has 0 atom stereocenters. The third-order valence-electron chi connectivity index (χ3n) is 4.10. The van der Waals surface area contributed by atoms with Gasteiger partial charge in [0.15, 0.2) is 0 Å². The van der Waals surface area contributed by atoms with Crippen molar-refractivity contribution in [2.75, 3.05) is 14.1 Å². The second-order valence-corrected chi connectivity index (χ2v) is 6.85. The van der Waals surface area contributed by atoms with Crippen LogP contribution in [0.3, 0.4) is 0 Å². The average molecular weight is 367 g/mol. The molecule has 0 aromatic heterocycles. The smallest absolute Gasteiger partial charge is 0.0467 e. The van der Waals surface area contributed by atoms with Crippen LogP contribution in [0.5, 0.6) is 0 Å². The zero-order valence-electron chi connectivity index (χ0n) is 15.5. The van der Waals surface area contributed by atoms with Crippen LogP contribution in [0.15, 0.2) is 24.3 Å². The van der Waals surface area contributed by atoms with Crippen molar-refractivity contribution in [3.63, 3.8) is 0 Å². The summed E-state index contributed by atoms with van der Waals surface area (Å²) in [6.07, 6.45) is 0. The molecule has 0 spiro atoms. The second kappa shape index (κ2) is 10.0. The molecule has 0 saturated heterocycles. The number of aryl methyl sites for hydroxylation is 2. The molecular weight excluding hydrogens is 339 g/mol. The molecular formula is C20H28Cl2N2. The van der Waals surface area contributed by atoms with Crippen molar-refractivity contribution in [1.82, 2.24) is 10.6 Å². The van der Waals surface area contributed by atoms with Gasteiger partial charge in [-0.25, -0.2) is 0 Å². The Hall–Kier alpha value is -1.06. The van der Waals surface area contributed by atoms with Crippen LogP contribution in [0.4, 0.5) is 0 Å². The average Bonchev–Trinajstić information content (AvgIpc) is 2.54. The Kier molecular flexibility index (Phi) is 8.79. The number of nitrogens with one attached hydrogen (secondary N) is 2. The summed E-state index contributed by atoms with van der Waals surface area (Å²) in [6, 6.07) is 8.35. The molecule has 4 heteroatoms. The minimum absolute atomic E-state index is 0.861. The molecule has 2 nitrogen and oxygen atoms in total. The van der Waals surface area contributed by atoms with Gasteiger partial charge in [0, 0.05) is 23.1 Å². The van der Waals surface area contributed by atoms with Crippen molar-refractivity contribution in [1.29, 1.82) is 0 Å². The van der Waals surface area contributed by atoms with E-state index in [9.17, 15) is 0 Å². The lowest BCUT2D eigenvalue weighted by atomic mass is 10.1. The largest absolute Gasteiger partial charge is 0.316 e. The summed E-state index contributed by atoms with van der Waals surface area (Å²) in [5, 5.41) is 7.96. The quantitative estimate of drug-likeness (QED) is 0.761. The maximum Gasteiger partial charge on any atom is 0.0467 e. The molecule has 0 fully saturated rings. The fourth-order valence-corrected chi connectivity index (χ4v) is 2.91. The summed E-state index contributed by atoms with van der Waals surface area (Å²) < 4.78 is 0. The molecule has 2 aromatic carbocycles. The van der Waals surface area contributed by atoms with E-state index in [1.54, 1.807) is 0 Å². The van der Waals surface area contributed by atoms with Crippen LogP contribution in [0, 0.1) is 27.7 Å². The van der Waals surface area contributed by atoms with E-state index in [2.05, 4.69) is 42.7 Å². The van der Waals surface area contributed by atoms with Gasteiger partial charge in [-0.05, 0) is 81.2 Å².